The van der Waals surface area contributed by atoms with Crippen molar-refractivity contribution in [3.8, 4) is 0 Å². The van der Waals surface area contributed by atoms with E-state index in [-0.39, 0.29) is 0 Å². The Morgan fingerprint density at radius 2 is 2.11 bits per heavy atom. The first-order valence-electron chi connectivity index (χ1n) is 6.94. The van der Waals surface area contributed by atoms with Crippen LogP contribution in [0.1, 0.15) is 38.0 Å². The van der Waals surface area contributed by atoms with E-state index in [0.29, 0.717) is 5.92 Å². The van der Waals surface area contributed by atoms with Gasteiger partial charge in [-0.2, -0.15) is 0 Å². The van der Waals surface area contributed by atoms with Gasteiger partial charge in [0.15, 0.2) is 0 Å². The van der Waals surface area contributed by atoms with Crippen molar-refractivity contribution in [3.63, 3.8) is 0 Å². The lowest BCUT2D eigenvalue weighted by Gasteiger charge is -2.21. The van der Waals surface area contributed by atoms with E-state index >= 15 is 0 Å². The number of aryl methyl sites for hydroxylation is 1. The van der Waals surface area contributed by atoms with E-state index in [1.165, 1.54) is 18.4 Å². The molecule has 0 spiro atoms. The second-order valence-electron chi connectivity index (χ2n) is 5.76. The van der Waals surface area contributed by atoms with Gasteiger partial charge in [-0.3, -0.25) is 0 Å². The third-order valence-corrected chi connectivity index (χ3v) is 3.46. The Morgan fingerprint density at radius 3 is 2.61 bits per heavy atom. The summed E-state index contributed by atoms with van der Waals surface area (Å²) in [6, 6.07) is 2.06. The quantitative estimate of drug-likeness (QED) is 0.773. The van der Waals surface area contributed by atoms with Gasteiger partial charge >= 0.3 is 0 Å². The maximum atomic E-state index is 5.83. The molecule has 1 atom stereocenters. The molecule has 1 unspecified atom stereocenters. The van der Waals surface area contributed by atoms with Gasteiger partial charge in [0.2, 0.25) is 0 Å². The SMILES string of the molecule is Cc1occc1CN(C)CCC(CN)CC(C)C. The van der Waals surface area contributed by atoms with Gasteiger partial charge in [-0.25, -0.2) is 0 Å². The Labute approximate surface area is 111 Å². The van der Waals surface area contributed by atoms with E-state index in [1.807, 2.05) is 6.92 Å². The molecule has 1 aromatic rings. The van der Waals surface area contributed by atoms with Gasteiger partial charge in [-0.05, 0) is 57.8 Å². The summed E-state index contributed by atoms with van der Waals surface area (Å²) in [6.45, 7) is 9.41. The van der Waals surface area contributed by atoms with E-state index in [1.54, 1.807) is 6.26 Å². The van der Waals surface area contributed by atoms with Crippen molar-refractivity contribution in [3.05, 3.63) is 23.7 Å². The van der Waals surface area contributed by atoms with E-state index in [2.05, 4.69) is 31.9 Å². The number of furan rings is 1. The molecule has 0 aliphatic rings. The fourth-order valence-electron chi connectivity index (χ4n) is 2.35. The molecule has 0 amide bonds. The Balaban J connectivity index is 2.31. The molecule has 3 nitrogen and oxygen atoms in total. The highest BCUT2D eigenvalue weighted by Gasteiger charge is 2.11. The normalized spacial score (nSPS) is 13.5. The van der Waals surface area contributed by atoms with Crippen molar-refractivity contribution in [1.29, 1.82) is 0 Å². The highest BCUT2D eigenvalue weighted by molar-refractivity contribution is 5.14. The van der Waals surface area contributed by atoms with Gasteiger partial charge in [-0.15, -0.1) is 0 Å². The lowest BCUT2D eigenvalue weighted by atomic mass is 9.94. The molecule has 0 radical (unpaired) electrons. The number of rotatable bonds is 8. The third-order valence-electron chi connectivity index (χ3n) is 3.46. The highest BCUT2D eigenvalue weighted by atomic mass is 16.3. The average Bonchev–Trinajstić information content (AvgIpc) is 2.70. The van der Waals surface area contributed by atoms with E-state index in [0.717, 1.165) is 31.3 Å². The van der Waals surface area contributed by atoms with Crippen molar-refractivity contribution in [1.82, 2.24) is 4.90 Å². The molecule has 18 heavy (non-hydrogen) atoms. The Kier molecular flexibility index (Phi) is 6.44. The van der Waals surface area contributed by atoms with Crippen molar-refractivity contribution >= 4 is 0 Å². The number of hydrogen-bond acceptors (Lipinski definition) is 3. The summed E-state index contributed by atoms with van der Waals surface area (Å²) in [5, 5.41) is 0. The van der Waals surface area contributed by atoms with Gasteiger partial charge in [0.05, 0.1) is 6.26 Å². The molecule has 1 heterocycles. The third kappa shape index (κ3) is 5.23. The maximum Gasteiger partial charge on any atom is 0.105 e. The molecule has 1 rings (SSSR count). The zero-order valence-electron chi connectivity index (χ0n) is 12.3. The predicted octanol–water partition coefficient (Wildman–Crippen LogP) is 3.03. The van der Waals surface area contributed by atoms with Gasteiger partial charge < -0.3 is 15.1 Å². The van der Waals surface area contributed by atoms with Crippen molar-refractivity contribution < 1.29 is 4.42 Å². The minimum Gasteiger partial charge on any atom is -0.469 e. The van der Waals surface area contributed by atoms with Crippen LogP contribution in [0.15, 0.2) is 16.7 Å². The molecule has 0 aromatic carbocycles. The van der Waals surface area contributed by atoms with Crippen LogP contribution in [-0.2, 0) is 6.54 Å². The van der Waals surface area contributed by atoms with Gasteiger partial charge in [-0.1, -0.05) is 13.8 Å². The zero-order chi connectivity index (χ0) is 13.5. The van der Waals surface area contributed by atoms with E-state index in [4.69, 9.17) is 10.2 Å². The van der Waals surface area contributed by atoms with Gasteiger partial charge in [0, 0.05) is 12.1 Å². The van der Waals surface area contributed by atoms with Crippen LogP contribution in [0.2, 0.25) is 0 Å². The average molecular weight is 252 g/mol. The molecule has 0 bridgehead atoms. The monoisotopic (exact) mass is 252 g/mol. The minimum absolute atomic E-state index is 0.651. The van der Waals surface area contributed by atoms with Crippen LogP contribution in [0.5, 0.6) is 0 Å². The molecule has 0 saturated carbocycles. The summed E-state index contributed by atoms with van der Waals surface area (Å²) in [4.78, 5) is 2.35. The Hall–Kier alpha value is -0.800. The minimum atomic E-state index is 0.651. The van der Waals surface area contributed by atoms with Crippen LogP contribution < -0.4 is 5.73 Å². The predicted molar refractivity (Wildman–Crippen MR) is 76.4 cm³/mol. The van der Waals surface area contributed by atoms with Crippen LogP contribution in [0.4, 0.5) is 0 Å². The van der Waals surface area contributed by atoms with Crippen LogP contribution in [0, 0.1) is 18.8 Å². The molecule has 0 fully saturated rings. The van der Waals surface area contributed by atoms with Gasteiger partial charge in [0.1, 0.15) is 5.76 Å². The molecule has 0 aliphatic heterocycles. The number of nitrogens with zero attached hydrogens (tertiary/aromatic N) is 1. The Morgan fingerprint density at radius 1 is 1.39 bits per heavy atom. The maximum absolute atomic E-state index is 5.83. The van der Waals surface area contributed by atoms with Gasteiger partial charge in [0.25, 0.3) is 0 Å². The molecule has 0 saturated heterocycles. The first kappa shape index (κ1) is 15.3. The smallest absolute Gasteiger partial charge is 0.105 e. The lowest BCUT2D eigenvalue weighted by Crippen LogP contribution is -2.25. The fraction of sp³-hybridized carbons (Fsp3) is 0.733. The van der Waals surface area contributed by atoms with Crippen LogP contribution in [-0.4, -0.2) is 25.0 Å². The summed E-state index contributed by atoms with van der Waals surface area (Å²) in [7, 11) is 2.16. The lowest BCUT2D eigenvalue weighted by molar-refractivity contribution is 0.277. The summed E-state index contributed by atoms with van der Waals surface area (Å²) in [5.74, 6) is 2.41. The fourth-order valence-corrected chi connectivity index (χ4v) is 2.35. The number of hydrogen-bond donors (Lipinski definition) is 1. The zero-order valence-corrected chi connectivity index (χ0v) is 12.3. The molecule has 2 N–H and O–H groups in total. The number of nitrogens with two attached hydrogens (primary N) is 1. The van der Waals surface area contributed by atoms with Crippen LogP contribution >= 0.6 is 0 Å². The topological polar surface area (TPSA) is 42.4 Å². The van der Waals surface area contributed by atoms with Crippen LogP contribution in [0.25, 0.3) is 0 Å². The molecular weight excluding hydrogens is 224 g/mol. The summed E-state index contributed by atoms with van der Waals surface area (Å²) >= 11 is 0. The van der Waals surface area contributed by atoms with Crippen molar-refractivity contribution in [2.45, 2.75) is 40.2 Å². The Bertz CT molecular complexity index is 333. The summed E-state index contributed by atoms with van der Waals surface area (Å²) < 4.78 is 5.32. The van der Waals surface area contributed by atoms with Crippen LogP contribution in [0.3, 0.4) is 0 Å². The second-order valence-corrected chi connectivity index (χ2v) is 5.76. The summed E-state index contributed by atoms with van der Waals surface area (Å²) in [6.07, 6.45) is 4.18. The summed E-state index contributed by atoms with van der Waals surface area (Å²) in [5.41, 5.74) is 7.12. The van der Waals surface area contributed by atoms with Crippen molar-refractivity contribution in [2.24, 2.45) is 17.6 Å². The first-order chi connectivity index (χ1) is 8.52. The molecular formula is C15H28N2O. The molecule has 104 valence electrons. The van der Waals surface area contributed by atoms with E-state index in [9.17, 15) is 0 Å². The standard InChI is InChI=1S/C15H28N2O/c1-12(2)9-14(10-16)5-7-17(4)11-15-6-8-18-13(15)3/h6,8,12,14H,5,7,9-11,16H2,1-4H3. The molecule has 1 aromatic heterocycles. The second kappa shape index (κ2) is 7.59. The molecule has 3 heteroatoms. The van der Waals surface area contributed by atoms with Crippen molar-refractivity contribution in [2.75, 3.05) is 20.1 Å². The molecule has 0 aliphatic carbocycles. The largest absolute Gasteiger partial charge is 0.469 e. The first-order valence-corrected chi connectivity index (χ1v) is 6.94. The van der Waals surface area contributed by atoms with E-state index < -0.39 is 0 Å². The highest BCUT2D eigenvalue weighted by Crippen LogP contribution is 2.16.